The summed E-state index contributed by atoms with van der Waals surface area (Å²) in [7, 11) is 0. The predicted molar refractivity (Wildman–Crippen MR) is 105 cm³/mol. The molecule has 0 saturated heterocycles. The second-order valence-electron chi connectivity index (χ2n) is 9.39. The second kappa shape index (κ2) is 8.09. The van der Waals surface area contributed by atoms with E-state index in [0.717, 1.165) is 24.6 Å². The van der Waals surface area contributed by atoms with E-state index in [0.29, 0.717) is 36.9 Å². The molecular weight excluding hydrogens is 312 g/mol. The third kappa shape index (κ3) is 4.57. The van der Waals surface area contributed by atoms with Gasteiger partial charge in [0.25, 0.3) is 0 Å². The van der Waals surface area contributed by atoms with Gasteiger partial charge in [-0.25, -0.2) is 9.98 Å². The molecule has 2 atom stereocenters. The van der Waals surface area contributed by atoms with Crippen molar-refractivity contribution in [2.24, 2.45) is 39.1 Å². The molecule has 0 unspecified atom stereocenters. The number of hydrogen-bond acceptors (Lipinski definition) is 4. The molecule has 0 aromatic rings. The average Bonchev–Trinajstić information content (AvgIpc) is 3.15. The van der Waals surface area contributed by atoms with E-state index in [9.17, 15) is 0 Å². The SMILES string of the molecule is CC(C)CC(CC(C)C)(C1=N[C@H](C(C)C)CO1)C1=N[C@H](C(C)C)CO1. The van der Waals surface area contributed by atoms with Gasteiger partial charge in [0.05, 0.1) is 12.1 Å². The van der Waals surface area contributed by atoms with Crippen molar-refractivity contribution >= 4 is 11.8 Å². The number of aliphatic imine (C=N–C) groups is 2. The predicted octanol–water partition coefficient (Wildman–Crippen LogP) is 4.97. The first kappa shape index (κ1) is 20.3. The van der Waals surface area contributed by atoms with Crippen LogP contribution in [0.15, 0.2) is 9.98 Å². The van der Waals surface area contributed by atoms with Crippen LogP contribution in [0.2, 0.25) is 0 Å². The Morgan fingerprint density at radius 1 is 0.760 bits per heavy atom. The Balaban J connectivity index is 2.46. The minimum atomic E-state index is -0.310. The van der Waals surface area contributed by atoms with Gasteiger partial charge < -0.3 is 9.47 Å². The summed E-state index contributed by atoms with van der Waals surface area (Å²) in [5.74, 6) is 3.76. The molecule has 0 fully saturated rings. The highest BCUT2D eigenvalue weighted by Crippen LogP contribution is 2.42. The van der Waals surface area contributed by atoms with Crippen molar-refractivity contribution < 1.29 is 9.47 Å². The van der Waals surface area contributed by atoms with Crippen molar-refractivity contribution in [2.75, 3.05) is 13.2 Å². The standard InChI is InChI=1S/C21H38N2O2/c1-13(2)9-21(10-14(3)4,19-22-17(11-24-19)15(5)6)20-23-18(12-25-20)16(7)8/h13-18H,9-12H2,1-8H3/t17-,18-/m0/s1. The van der Waals surface area contributed by atoms with E-state index in [4.69, 9.17) is 19.5 Å². The van der Waals surface area contributed by atoms with Gasteiger partial charge in [0.2, 0.25) is 0 Å². The van der Waals surface area contributed by atoms with Gasteiger partial charge in [-0.1, -0.05) is 55.4 Å². The zero-order valence-electron chi connectivity index (χ0n) is 17.5. The molecule has 0 spiro atoms. The fourth-order valence-electron chi connectivity index (χ4n) is 3.90. The van der Waals surface area contributed by atoms with Crippen LogP contribution in [0.5, 0.6) is 0 Å². The molecule has 25 heavy (non-hydrogen) atoms. The van der Waals surface area contributed by atoms with Crippen molar-refractivity contribution in [1.29, 1.82) is 0 Å². The van der Waals surface area contributed by atoms with Crippen LogP contribution in [-0.4, -0.2) is 37.1 Å². The lowest BCUT2D eigenvalue weighted by Gasteiger charge is -2.35. The van der Waals surface area contributed by atoms with Crippen LogP contribution in [0.1, 0.15) is 68.2 Å². The first-order valence-corrected chi connectivity index (χ1v) is 10.1. The zero-order chi connectivity index (χ0) is 18.8. The topological polar surface area (TPSA) is 43.2 Å². The molecule has 4 nitrogen and oxygen atoms in total. The molecule has 0 amide bonds. The molecule has 4 heteroatoms. The molecule has 2 heterocycles. The summed E-state index contributed by atoms with van der Waals surface area (Å²) in [6.07, 6.45) is 1.94. The summed E-state index contributed by atoms with van der Waals surface area (Å²) in [6, 6.07) is 0.494. The highest BCUT2D eigenvalue weighted by Gasteiger charge is 2.49. The highest BCUT2D eigenvalue weighted by atomic mass is 16.5. The molecule has 2 rings (SSSR count). The Morgan fingerprint density at radius 3 is 1.36 bits per heavy atom. The monoisotopic (exact) mass is 350 g/mol. The number of nitrogens with zero attached hydrogens (tertiary/aromatic N) is 2. The van der Waals surface area contributed by atoms with E-state index in [-0.39, 0.29) is 17.5 Å². The lowest BCUT2D eigenvalue weighted by atomic mass is 9.73. The second-order valence-corrected chi connectivity index (χ2v) is 9.39. The minimum Gasteiger partial charge on any atom is -0.478 e. The van der Waals surface area contributed by atoms with Crippen LogP contribution in [-0.2, 0) is 9.47 Å². The molecule has 144 valence electrons. The summed E-state index contributed by atoms with van der Waals surface area (Å²) in [4.78, 5) is 10.0. The van der Waals surface area contributed by atoms with Crippen LogP contribution in [0.3, 0.4) is 0 Å². The van der Waals surface area contributed by atoms with Gasteiger partial charge in [0.15, 0.2) is 11.8 Å². The van der Waals surface area contributed by atoms with Gasteiger partial charge in [-0.15, -0.1) is 0 Å². The van der Waals surface area contributed by atoms with Crippen LogP contribution in [0.4, 0.5) is 0 Å². The van der Waals surface area contributed by atoms with Gasteiger partial charge in [-0.3, -0.25) is 0 Å². The fraction of sp³-hybridized carbons (Fsp3) is 0.905. The fourth-order valence-corrected chi connectivity index (χ4v) is 3.90. The molecule has 0 aliphatic carbocycles. The average molecular weight is 351 g/mol. The highest BCUT2D eigenvalue weighted by molar-refractivity contribution is 6.06. The van der Waals surface area contributed by atoms with Gasteiger partial charge in [-0.05, 0) is 36.5 Å². The molecule has 0 N–H and O–H groups in total. The lowest BCUT2D eigenvalue weighted by molar-refractivity contribution is 0.208. The third-order valence-electron chi connectivity index (χ3n) is 5.22. The Morgan fingerprint density at radius 2 is 1.12 bits per heavy atom. The summed E-state index contributed by atoms with van der Waals surface area (Å²) in [5.41, 5.74) is -0.310. The summed E-state index contributed by atoms with van der Waals surface area (Å²) in [6.45, 7) is 19.3. The summed E-state index contributed by atoms with van der Waals surface area (Å²) < 4.78 is 12.4. The van der Waals surface area contributed by atoms with Crippen molar-refractivity contribution in [3.63, 3.8) is 0 Å². The van der Waals surface area contributed by atoms with E-state index in [1.165, 1.54) is 0 Å². The van der Waals surface area contributed by atoms with E-state index in [1.54, 1.807) is 0 Å². The first-order valence-electron chi connectivity index (χ1n) is 10.1. The Labute approximate surface area is 154 Å². The quantitative estimate of drug-likeness (QED) is 0.620. The van der Waals surface area contributed by atoms with Crippen molar-refractivity contribution in [2.45, 2.75) is 80.3 Å². The zero-order valence-corrected chi connectivity index (χ0v) is 17.5. The maximum atomic E-state index is 6.19. The van der Waals surface area contributed by atoms with E-state index < -0.39 is 0 Å². The number of ether oxygens (including phenoxy) is 2. The maximum Gasteiger partial charge on any atom is 0.199 e. The van der Waals surface area contributed by atoms with Crippen molar-refractivity contribution in [3.8, 4) is 0 Å². The smallest absolute Gasteiger partial charge is 0.199 e. The lowest BCUT2D eigenvalue weighted by Crippen LogP contribution is -2.42. The first-order chi connectivity index (χ1) is 11.7. The molecule has 0 saturated carbocycles. The van der Waals surface area contributed by atoms with Crippen molar-refractivity contribution in [1.82, 2.24) is 0 Å². The van der Waals surface area contributed by atoms with Gasteiger partial charge in [0.1, 0.15) is 18.6 Å². The van der Waals surface area contributed by atoms with Crippen molar-refractivity contribution in [3.05, 3.63) is 0 Å². The Hall–Kier alpha value is -1.06. The molecular formula is C21H38N2O2. The van der Waals surface area contributed by atoms with Crippen LogP contribution >= 0.6 is 0 Å². The number of hydrogen-bond donors (Lipinski definition) is 0. The third-order valence-corrected chi connectivity index (χ3v) is 5.22. The largest absolute Gasteiger partial charge is 0.478 e. The normalized spacial score (nSPS) is 24.2. The maximum absolute atomic E-state index is 6.19. The van der Waals surface area contributed by atoms with E-state index in [2.05, 4.69) is 55.4 Å². The molecule has 0 aromatic carbocycles. The molecule has 0 radical (unpaired) electrons. The summed E-state index contributed by atoms with van der Waals surface area (Å²) in [5, 5.41) is 0. The minimum absolute atomic E-state index is 0.247. The van der Waals surface area contributed by atoms with Gasteiger partial charge in [-0.2, -0.15) is 0 Å². The van der Waals surface area contributed by atoms with Gasteiger partial charge in [0, 0.05) is 0 Å². The molecule has 2 aliphatic heterocycles. The Bertz CT molecular complexity index is 460. The Kier molecular flexibility index (Phi) is 6.56. The van der Waals surface area contributed by atoms with Crippen LogP contribution in [0.25, 0.3) is 0 Å². The van der Waals surface area contributed by atoms with Gasteiger partial charge >= 0.3 is 0 Å². The van der Waals surface area contributed by atoms with E-state index in [1.807, 2.05) is 0 Å². The molecule has 2 aliphatic rings. The van der Waals surface area contributed by atoms with Crippen LogP contribution < -0.4 is 0 Å². The molecule has 0 aromatic heterocycles. The summed E-state index contributed by atoms with van der Waals surface area (Å²) >= 11 is 0. The number of rotatable bonds is 8. The van der Waals surface area contributed by atoms with E-state index >= 15 is 0 Å². The van der Waals surface area contributed by atoms with Crippen LogP contribution in [0, 0.1) is 29.1 Å². The molecule has 0 bridgehead atoms.